The molecule has 17 heavy (non-hydrogen) atoms. The van der Waals surface area contributed by atoms with Gasteiger partial charge in [-0.25, -0.2) is 8.42 Å². The molecule has 3 heteroatoms. The Labute approximate surface area is 102 Å². The third kappa shape index (κ3) is 2.11. The van der Waals surface area contributed by atoms with E-state index in [1.807, 2.05) is 26.0 Å². The van der Waals surface area contributed by atoms with E-state index in [2.05, 4.69) is 0 Å². The van der Waals surface area contributed by atoms with Gasteiger partial charge in [-0.2, -0.15) is 0 Å². The Morgan fingerprint density at radius 3 is 2.12 bits per heavy atom. The third-order valence-corrected chi connectivity index (χ3v) is 4.81. The summed E-state index contributed by atoms with van der Waals surface area (Å²) in [5.74, 6) is 0. The molecule has 2 nitrogen and oxygen atoms in total. The van der Waals surface area contributed by atoms with Crippen molar-refractivity contribution in [3.63, 3.8) is 0 Å². The van der Waals surface area contributed by atoms with Gasteiger partial charge in [-0.3, -0.25) is 0 Å². The smallest absolute Gasteiger partial charge is 0.206 e. The Balaban J connectivity index is 2.65. The van der Waals surface area contributed by atoms with Gasteiger partial charge < -0.3 is 0 Å². The average Bonchev–Trinajstić information content (AvgIpc) is 2.33. The molecular formula is C14H14O2S. The zero-order valence-electron chi connectivity index (χ0n) is 9.84. The second kappa shape index (κ2) is 4.34. The van der Waals surface area contributed by atoms with Crippen molar-refractivity contribution in [1.29, 1.82) is 0 Å². The van der Waals surface area contributed by atoms with Crippen LogP contribution in [0.15, 0.2) is 58.3 Å². The van der Waals surface area contributed by atoms with E-state index in [9.17, 15) is 8.42 Å². The standard InChI is InChI=1S/C14H14O2S/c1-11-7-6-10-14(12(11)2)17(15,16)13-8-4-3-5-9-13/h3-10H,1-2H3. The highest BCUT2D eigenvalue weighted by molar-refractivity contribution is 7.91. The molecule has 0 amide bonds. The second-order valence-electron chi connectivity index (χ2n) is 4.01. The Morgan fingerprint density at radius 2 is 1.47 bits per heavy atom. The third-order valence-electron chi connectivity index (χ3n) is 2.90. The molecule has 0 spiro atoms. The maximum absolute atomic E-state index is 12.4. The molecule has 0 aliphatic heterocycles. The van der Waals surface area contributed by atoms with Gasteiger partial charge in [0, 0.05) is 0 Å². The molecule has 2 rings (SSSR count). The van der Waals surface area contributed by atoms with Crippen LogP contribution in [0.4, 0.5) is 0 Å². The van der Waals surface area contributed by atoms with Crippen molar-refractivity contribution in [3.05, 3.63) is 59.7 Å². The molecule has 0 unspecified atom stereocenters. The van der Waals surface area contributed by atoms with E-state index in [4.69, 9.17) is 0 Å². The number of aryl methyl sites for hydroxylation is 1. The minimum atomic E-state index is -3.39. The van der Waals surface area contributed by atoms with Crippen LogP contribution in [0, 0.1) is 13.8 Å². The molecule has 0 bridgehead atoms. The molecule has 2 aromatic rings. The highest BCUT2D eigenvalue weighted by Gasteiger charge is 2.19. The van der Waals surface area contributed by atoms with Crippen LogP contribution in [0.25, 0.3) is 0 Å². The Kier molecular flexibility index (Phi) is 3.03. The predicted octanol–water partition coefficient (Wildman–Crippen LogP) is 3.14. The first kappa shape index (κ1) is 11.9. The maximum atomic E-state index is 12.4. The van der Waals surface area contributed by atoms with Crippen LogP contribution in [0.2, 0.25) is 0 Å². The fourth-order valence-electron chi connectivity index (χ4n) is 1.74. The molecule has 88 valence electrons. The van der Waals surface area contributed by atoms with E-state index in [0.29, 0.717) is 9.79 Å². The SMILES string of the molecule is Cc1cccc(S(=O)(=O)c2ccccc2)c1C. The molecule has 0 N–H and O–H groups in total. The summed E-state index contributed by atoms with van der Waals surface area (Å²) < 4.78 is 24.8. The zero-order valence-corrected chi connectivity index (χ0v) is 10.7. The van der Waals surface area contributed by atoms with Crippen LogP contribution >= 0.6 is 0 Å². The van der Waals surface area contributed by atoms with Gasteiger partial charge in [0.25, 0.3) is 0 Å². The molecule has 2 aromatic carbocycles. The highest BCUT2D eigenvalue weighted by atomic mass is 32.2. The van der Waals surface area contributed by atoms with Gasteiger partial charge in [-0.05, 0) is 43.2 Å². The number of rotatable bonds is 2. The summed E-state index contributed by atoms with van der Waals surface area (Å²) in [5, 5.41) is 0. The highest BCUT2D eigenvalue weighted by Crippen LogP contribution is 2.25. The molecule has 0 aliphatic rings. The molecule has 0 aliphatic carbocycles. The van der Waals surface area contributed by atoms with Crippen molar-refractivity contribution in [2.45, 2.75) is 23.6 Å². The van der Waals surface area contributed by atoms with E-state index in [-0.39, 0.29) is 0 Å². The average molecular weight is 246 g/mol. The number of hydrogen-bond donors (Lipinski definition) is 0. The molecule has 0 heterocycles. The summed E-state index contributed by atoms with van der Waals surface area (Å²) in [6, 6.07) is 13.9. The maximum Gasteiger partial charge on any atom is 0.206 e. The van der Waals surface area contributed by atoms with Crippen molar-refractivity contribution in [2.75, 3.05) is 0 Å². The second-order valence-corrected chi connectivity index (χ2v) is 5.93. The molecule has 0 saturated heterocycles. The van der Waals surface area contributed by atoms with E-state index in [1.165, 1.54) is 0 Å². The lowest BCUT2D eigenvalue weighted by molar-refractivity contribution is 0.595. The first-order valence-electron chi connectivity index (χ1n) is 5.40. The van der Waals surface area contributed by atoms with E-state index in [1.54, 1.807) is 36.4 Å². The topological polar surface area (TPSA) is 34.1 Å². The van der Waals surface area contributed by atoms with E-state index in [0.717, 1.165) is 11.1 Å². The van der Waals surface area contributed by atoms with Crippen LogP contribution in [-0.2, 0) is 9.84 Å². The Hall–Kier alpha value is -1.61. The minimum absolute atomic E-state index is 0.341. The zero-order chi connectivity index (χ0) is 12.5. The predicted molar refractivity (Wildman–Crippen MR) is 67.8 cm³/mol. The van der Waals surface area contributed by atoms with Crippen molar-refractivity contribution in [2.24, 2.45) is 0 Å². The molecule has 0 aromatic heterocycles. The van der Waals surface area contributed by atoms with Crippen LogP contribution in [0.1, 0.15) is 11.1 Å². The minimum Gasteiger partial charge on any atom is -0.219 e. The summed E-state index contributed by atoms with van der Waals surface area (Å²) >= 11 is 0. The van der Waals surface area contributed by atoms with Crippen LogP contribution in [0.5, 0.6) is 0 Å². The fraction of sp³-hybridized carbons (Fsp3) is 0.143. The Bertz CT molecular complexity index is 629. The van der Waals surface area contributed by atoms with Gasteiger partial charge in [0.1, 0.15) is 0 Å². The van der Waals surface area contributed by atoms with Crippen LogP contribution < -0.4 is 0 Å². The van der Waals surface area contributed by atoms with Crippen molar-refractivity contribution < 1.29 is 8.42 Å². The van der Waals surface area contributed by atoms with Gasteiger partial charge in [0.05, 0.1) is 9.79 Å². The normalized spacial score (nSPS) is 11.4. The van der Waals surface area contributed by atoms with Crippen molar-refractivity contribution in [1.82, 2.24) is 0 Å². The lowest BCUT2D eigenvalue weighted by atomic mass is 10.1. The summed E-state index contributed by atoms with van der Waals surface area (Å²) in [6.07, 6.45) is 0. The first-order chi connectivity index (χ1) is 8.03. The molecular weight excluding hydrogens is 232 g/mol. The fourth-order valence-corrected chi connectivity index (χ4v) is 3.33. The van der Waals surface area contributed by atoms with Crippen LogP contribution in [-0.4, -0.2) is 8.42 Å². The summed E-state index contributed by atoms with van der Waals surface area (Å²) in [5.41, 5.74) is 1.80. The van der Waals surface area contributed by atoms with Gasteiger partial charge in [0.15, 0.2) is 0 Å². The lowest BCUT2D eigenvalue weighted by Gasteiger charge is -2.09. The van der Waals surface area contributed by atoms with Gasteiger partial charge in [0.2, 0.25) is 9.84 Å². The summed E-state index contributed by atoms with van der Waals surface area (Å²) in [7, 11) is -3.39. The van der Waals surface area contributed by atoms with Gasteiger partial charge in [-0.15, -0.1) is 0 Å². The molecule has 0 saturated carbocycles. The first-order valence-corrected chi connectivity index (χ1v) is 6.88. The summed E-state index contributed by atoms with van der Waals surface area (Å²) in [6.45, 7) is 3.75. The van der Waals surface area contributed by atoms with Crippen molar-refractivity contribution in [3.8, 4) is 0 Å². The van der Waals surface area contributed by atoms with Crippen LogP contribution in [0.3, 0.4) is 0 Å². The number of benzene rings is 2. The summed E-state index contributed by atoms with van der Waals surface area (Å²) in [4.78, 5) is 0.734. The monoisotopic (exact) mass is 246 g/mol. The quantitative estimate of drug-likeness (QED) is 0.815. The molecule has 0 atom stereocenters. The van der Waals surface area contributed by atoms with E-state index >= 15 is 0 Å². The molecule has 0 fully saturated rings. The Morgan fingerprint density at radius 1 is 0.824 bits per heavy atom. The lowest BCUT2D eigenvalue weighted by Crippen LogP contribution is -2.04. The van der Waals surface area contributed by atoms with E-state index < -0.39 is 9.84 Å². The largest absolute Gasteiger partial charge is 0.219 e. The molecule has 0 radical (unpaired) electrons. The van der Waals surface area contributed by atoms with Crippen molar-refractivity contribution >= 4 is 9.84 Å². The number of sulfone groups is 1. The number of hydrogen-bond acceptors (Lipinski definition) is 2. The van der Waals surface area contributed by atoms with Gasteiger partial charge in [-0.1, -0.05) is 30.3 Å². The van der Waals surface area contributed by atoms with Gasteiger partial charge >= 0.3 is 0 Å².